The Morgan fingerprint density at radius 1 is 1.22 bits per heavy atom. The van der Waals surface area contributed by atoms with Gasteiger partial charge in [-0.2, -0.15) is 0 Å². The number of ketones is 1. The maximum atomic E-state index is 14.6. The maximum absolute atomic E-state index is 14.6. The smallest absolute Gasteiger partial charge is 0.212 e. The fourth-order valence-corrected chi connectivity index (χ4v) is 6.06. The number of rotatable bonds is 13. The third kappa shape index (κ3) is 9.28. The first-order valence-electron chi connectivity index (χ1n) is 14.5. The van der Waals surface area contributed by atoms with Gasteiger partial charge in [-0.1, -0.05) is 42.2 Å². The summed E-state index contributed by atoms with van der Waals surface area (Å²) in [6, 6.07) is 12.4. The molecule has 0 fully saturated rings. The quantitative estimate of drug-likeness (QED) is 0.0497. The van der Waals surface area contributed by atoms with Crippen molar-refractivity contribution in [1.82, 2.24) is 15.3 Å². The van der Waals surface area contributed by atoms with Gasteiger partial charge in [0.25, 0.3) is 0 Å². The Morgan fingerprint density at radius 3 is 2.76 bits per heavy atom. The van der Waals surface area contributed by atoms with Crippen LogP contribution < -0.4 is 20.7 Å². The van der Waals surface area contributed by atoms with Gasteiger partial charge in [0.2, 0.25) is 5.13 Å². The van der Waals surface area contributed by atoms with Crippen LogP contribution in [0.1, 0.15) is 54.5 Å². The van der Waals surface area contributed by atoms with Crippen LogP contribution in [0.2, 0.25) is 0 Å². The van der Waals surface area contributed by atoms with Gasteiger partial charge in [-0.3, -0.25) is 10.2 Å². The van der Waals surface area contributed by atoms with Crippen LogP contribution in [-0.2, 0) is 6.42 Å². The predicted octanol–water partition coefficient (Wildman–Crippen LogP) is 6.51. The number of carbonyl (C=O) groups excluding carboxylic acids is 1. The number of amidine groups is 2. The fourth-order valence-electron chi connectivity index (χ4n) is 4.09. The van der Waals surface area contributed by atoms with Crippen molar-refractivity contribution in [2.45, 2.75) is 40.0 Å². The Balaban J connectivity index is 1.35. The zero-order valence-corrected chi connectivity index (χ0v) is 27.4. The summed E-state index contributed by atoms with van der Waals surface area (Å²) in [5.41, 5.74) is 8.62. The van der Waals surface area contributed by atoms with E-state index in [-0.39, 0.29) is 29.8 Å². The summed E-state index contributed by atoms with van der Waals surface area (Å²) < 4.78 is 21.2. The zero-order chi connectivity index (χ0) is 32.3. The van der Waals surface area contributed by atoms with E-state index in [1.54, 1.807) is 37.1 Å². The molecule has 0 saturated carbocycles. The number of nitrogens with one attached hydrogen (secondary N) is 2. The minimum Gasteiger partial charge on any atom is -0.491 e. The number of aromatic nitrogens is 2. The fraction of sp³-hybridized carbons (Fsp3) is 0.303. The number of ether oxygens (including phenoxy) is 1. The normalized spacial score (nSPS) is 11.8. The maximum Gasteiger partial charge on any atom is 0.212 e. The largest absolute Gasteiger partial charge is 0.491 e. The summed E-state index contributed by atoms with van der Waals surface area (Å²) in [6.07, 6.45) is 3.69. The van der Waals surface area contributed by atoms with E-state index in [0.717, 1.165) is 28.1 Å². The molecule has 2 aromatic heterocycles. The number of anilines is 1. The molecule has 2 heterocycles. The van der Waals surface area contributed by atoms with Gasteiger partial charge >= 0.3 is 0 Å². The first-order chi connectivity index (χ1) is 21.7. The molecule has 0 radical (unpaired) electrons. The van der Waals surface area contributed by atoms with Gasteiger partial charge in [0.05, 0.1) is 23.4 Å². The van der Waals surface area contributed by atoms with Crippen LogP contribution in [0.15, 0.2) is 59.1 Å². The second kappa shape index (κ2) is 16.0. The zero-order valence-electron chi connectivity index (χ0n) is 25.7. The number of Topliss-reactive ketones (excluding diaryl/α,β-unsaturated/α-hetero) is 1. The number of nitrogens with two attached hydrogens (primary N) is 1. The first kappa shape index (κ1) is 33.5. The van der Waals surface area contributed by atoms with Crippen molar-refractivity contribution in [3.05, 3.63) is 76.1 Å². The van der Waals surface area contributed by atoms with Crippen molar-refractivity contribution < 1.29 is 13.9 Å². The lowest BCUT2D eigenvalue weighted by atomic mass is 10.2. The van der Waals surface area contributed by atoms with Crippen LogP contribution in [0, 0.1) is 23.1 Å². The molecular formula is C33H36FN7O2S2. The molecule has 234 valence electrons. The number of hydrogen-bond donors (Lipinski definition) is 3. The molecule has 0 bridgehead atoms. The molecule has 0 aliphatic rings. The van der Waals surface area contributed by atoms with Crippen molar-refractivity contribution in [3.8, 4) is 17.6 Å². The number of aryl methyl sites for hydroxylation is 1. The number of likely N-dealkylation sites (N-methyl/N-ethyl adjacent to an activating group) is 1. The average molecular weight is 646 g/mol. The van der Waals surface area contributed by atoms with E-state index in [2.05, 4.69) is 39.0 Å². The van der Waals surface area contributed by atoms with Gasteiger partial charge in [0.15, 0.2) is 22.5 Å². The number of benzene rings is 2. The van der Waals surface area contributed by atoms with Gasteiger partial charge in [-0.05, 0) is 74.7 Å². The summed E-state index contributed by atoms with van der Waals surface area (Å²) in [7, 11) is 1.71. The van der Waals surface area contributed by atoms with Crippen molar-refractivity contribution in [2.24, 2.45) is 10.7 Å². The van der Waals surface area contributed by atoms with Gasteiger partial charge < -0.3 is 20.7 Å². The van der Waals surface area contributed by atoms with E-state index < -0.39 is 5.82 Å². The lowest BCUT2D eigenvalue weighted by Crippen LogP contribution is -2.25. The summed E-state index contributed by atoms with van der Waals surface area (Å²) in [6.45, 7) is 7.03. The topological polar surface area (TPSA) is 130 Å². The average Bonchev–Trinajstić information content (AvgIpc) is 3.63. The Morgan fingerprint density at radius 2 is 2.02 bits per heavy atom. The van der Waals surface area contributed by atoms with Gasteiger partial charge in [0.1, 0.15) is 17.4 Å². The lowest BCUT2D eigenvalue weighted by molar-refractivity contribution is 0.101. The highest BCUT2D eigenvalue weighted by atomic mass is 32.1. The molecule has 4 aromatic rings. The Bertz CT molecular complexity index is 1770. The number of carbonyl (C=O) groups is 1. The van der Waals surface area contributed by atoms with E-state index in [0.29, 0.717) is 46.5 Å². The molecule has 12 heteroatoms. The molecule has 9 nitrogen and oxygen atoms in total. The highest BCUT2D eigenvalue weighted by Crippen LogP contribution is 2.29. The first-order valence-corrected chi connectivity index (χ1v) is 16.1. The molecule has 4 N–H and O–H groups in total. The van der Waals surface area contributed by atoms with Gasteiger partial charge in [-0.15, -0.1) is 11.3 Å². The van der Waals surface area contributed by atoms with E-state index >= 15 is 0 Å². The van der Waals surface area contributed by atoms with Crippen LogP contribution in [0.25, 0.3) is 10.2 Å². The molecule has 0 atom stereocenters. The summed E-state index contributed by atoms with van der Waals surface area (Å²) >= 11 is 2.77. The third-order valence-corrected chi connectivity index (χ3v) is 8.66. The molecule has 0 aliphatic heterocycles. The van der Waals surface area contributed by atoms with Crippen LogP contribution in [0.5, 0.6) is 5.75 Å². The minimum atomic E-state index is -0.470. The molecular weight excluding hydrogens is 610 g/mol. The van der Waals surface area contributed by atoms with Crippen LogP contribution in [-0.4, -0.2) is 54.2 Å². The van der Waals surface area contributed by atoms with E-state index in [9.17, 15) is 9.18 Å². The van der Waals surface area contributed by atoms with E-state index in [1.807, 2.05) is 24.3 Å². The predicted molar refractivity (Wildman–Crippen MR) is 183 cm³/mol. The van der Waals surface area contributed by atoms with E-state index in [4.69, 9.17) is 15.9 Å². The highest BCUT2D eigenvalue weighted by Gasteiger charge is 2.19. The molecule has 45 heavy (non-hydrogen) atoms. The number of aliphatic imine (C=N–C) groups is 1. The van der Waals surface area contributed by atoms with Gasteiger partial charge in [-0.25, -0.2) is 19.4 Å². The minimum absolute atomic E-state index is 0.134. The third-order valence-electron chi connectivity index (χ3n) is 6.53. The number of nitrogens with zero attached hydrogens (tertiary/aromatic N) is 4. The summed E-state index contributed by atoms with van der Waals surface area (Å²) in [5, 5.41) is 12.8. The second-order valence-electron chi connectivity index (χ2n) is 10.1. The monoisotopic (exact) mass is 645 g/mol. The van der Waals surface area contributed by atoms with Crippen molar-refractivity contribution in [3.63, 3.8) is 0 Å². The van der Waals surface area contributed by atoms with Crippen molar-refractivity contribution >= 4 is 60.6 Å². The molecule has 0 amide bonds. The number of para-hydroxylation sites is 1. The highest BCUT2D eigenvalue weighted by molar-refractivity contribution is 7.22. The Kier molecular flexibility index (Phi) is 11.9. The summed E-state index contributed by atoms with van der Waals surface area (Å²) in [5.74, 6) is 5.83. The number of fused-ring (bicyclic) bond motifs is 1. The molecule has 0 saturated heterocycles. The van der Waals surface area contributed by atoms with Gasteiger partial charge in [0, 0.05) is 24.4 Å². The lowest BCUT2D eigenvalue weighted by Gasteiger charge is -2.14. The Hall–Kier alpha value is -4.44. The van der Waals surface area contributed by atoms with Crippen LogP contribution in [0.4, 0.5) is 14.7 Å². The number of hydrogen-bond acceptors (Lipinski definition) is 9. The molecule has 0 unspecified atom stereocenters. The SMILES string of the molecule is CCCNCC#Cc1ccc(OCCCc2sc(N(C)C(=N)/C=C(/C)C(N)=Nc3nc4ccccc4s3)nc2C(C)=O)c(F)c1. The standard InChI is InChI=1S/C33H36FN7O2S2/c1-5-16-37-17-8-10-23-14-15-26(24(34)20-23)43-18-9-13-28-30(22(3)42)39-33(45-28)41(4)29(35)19-21(2)31(36)40-32-38-25-11-6-7-12-27(25)44-32/h6-7,11-12,14-15,19-20,35,37H,5,9,13,16-18H2,1-4H3,(H2,36,38,40)/b21-19-,35-29?. The molecule has 4 rings (SSSR count). The summed E-state index contributed by atoms with van der Waals surface area (Å²) in [4.78, 5) is 28.2. The molecule has 0 spiro atoms. The number of thiazole rings is 2. The van der Waals surface area contributed by atoms with Crippen LogP contribution >= 0.6 is 22.7 Å². The molecule has 2 aromatic carbocycles. The van der Waals surface area contributed by atoms with Crippen LogP contribution in [0.3, 0.4) is 0 Å². The molecule has 0 aliphatic carbocycles. The van der Waals surface area contributed by atoms with Crippen molar-refractivity contribution in [2.75, 3.05) is 31.6 Å². The Labute approximate surface area is 270 Å². The number of halogens is 1. The van der Waals surface area contributed by atoms with E-state index in [1.165, 1.54) is 35.7 Å². The second-order valence-corrected chi connectivity index (χ2v) is 12.2. The van der Waals surface area contributed by atoms with Crippen molar-refractivity contribution in [1.29, 1.82) is 5.41 Å².